The lowest BCUT2D eigenvalue weighted by Gasteiger charge is -2.21. The summed E-state index contributed by atoms with van der Waals surface area (Å²) in [5, 5.41) is 8.70. The number of amides is 1. The highest BCUT2D eigenvalue weighted by atomic mass is 16.2. The van der Waals surface area contributed by atoms with Crippen LogP contribution in [-0.4, -0.2) is 34.6 Å². The summed E-state index contributed by atoms with van der Waals surface area (Å²) in [4.78, 5) is 36.3. The van der Waals surface area contributed by atoms with Crippen LogP contribution in [-0.2, 0) is 7.05 Å². The van der Waals surface area contributed by atoms with E-state index in [9.17, 15) is 9.59 Å². The van der Waals surface area contributed by atoms with Crippen LogP contribution in [0.2, 0.25) is 0 Å². The first kappa shape index (κ1) is 24.8. The van der Waals surface area contributed by atoms with Gasteiger partial charge in [0.2, 0.25) is 0 Å². The Morgan fingerprint density at radius 1 is 1.02 bits per heavy atom. The molecule has 0 fully saturated rings. The summed E-state index contributed by atoms with van der Waals surface area (Å²) in [5.41, 5.74) is 3.76. The number of carbonyl (C=O) groups is 1. The van der Waals surface area contributed by atoms with Crippen molar-refractivity contribution in [3.8, 4) is 17.5 Å². The van der Waals surface area contributed by atoms with Crippen molar-refractivity contribution in [3.63, 3.8) is 0 Å². The number of benzene rings is 2. The van der Waals surface area contributed by atoms with Gasteiger partial charge in [-0.05, 0) is 55.5 Å². The number of imidazole rings is 1. The number of aryl methyl sites for hydroxylation is 2. The van der Waals surface area contributed by atoms with Gasteiger partial charge >= 0.3 is 0 Å². The van der Waals surface area contributed by atoms with Crippen LogP contribution >= 0.6 is 0 Å². The predicted molar refractivity (Wildman–Crippen MR) is 152 cm³/mol. The number of hydrogen-bond acceptors (Lipinski definition) is 5. The number of hydrogen-bond donors (Lipinski definition) is 1. The Labute approximate surface area is 229 Å². The summed E-state index contributed by atoms with van der Waals surface area (Å²) in [5.74, 6) is 5.87. The number of nitrogens with zero attached hydrogens (tertiary/aromatic N) is 6. The van der Waals surface area contributed by atoms with Crippen LogP contribution in [0, 0.1) is 18.8 Å². The summed E-state index contributed by atoms with van der Waals surface area (Å²) in [6.07, 6.45) is 6.88. The van der Waals surface area contributed by atoms with Crippen molar-refractivity contribution < 1.29 is 4.79 Å². The monoisotopic (exact) mass is 527 g/mol. The van der Waals surface area contributed by atoms with Gasteiger partial charge in [0.05, 0.1) is 23.4 Å². The molecule has 9 heteroatoms. The van der Waals surface area contributed by atoms with Crippen molar-refractivity contribution in [2.75, 3.05) is 0 Å². The van der Waals surface area contributed by atoms with E-state index in [1.807, 2.05) is 79.3 Å². The van der Waals surface area contributed by atoms with Crippen molar-refractivity contribution in [1.82, 2.24) is 34.0 Å². The molecule has 9 nitrogen and oxygen atoms in total. The molecule has 0 aliphatic heterocycles. The van der Waals surface area contributed by atoms with Gasteiger partial charge in [0.1, 0.15) is 11.3 Å². The zero-order valence-electron chi connectivity index (χ0n) is 22.2. The smallest absolute Gasteiger partial charge is 0.264 e. The van der Waals surface area contributed by atoms with Crippen molar-refractivity contribution >= 4 is 22.3 Å². The molecule has 1 N–H and O–H groups in total. The van der Waals surface area contributed by atoms with E-state index in [2.05, 4.69) is 32.2 Å². The normalized spacial score (nSPS) is 11.8. The zero-order valence-corrected chi connectivity index (χ0v) is 22.2. The van der Waals surface area contributed by atoms with E-state index in [1.54, 1.807) is 40.8 Å². The zero-order chi connectivity index (χ0) is 27.8. The van der Waals surface area contributed by atoms with Gasteiger partial charge < -0.3 is 9.88 Å². The fourth-order valence-electron chi connectivity index (χ4n) is 4.86. The van der Waals surface area contributed by atoms with Gasteiger partial charge in [0.25, 0.3) is 11.5 Å². The van der Waals surface area contributed by atoms with E-state index < -0.39 is 6.04 Å². The molecule has 40 heavy (non-hydrogen) atoms. The van der Waals surface area contributed by atoms with Crippen LogP contribution in [0.15, 0.2) is 90.4 Å². The van der Waals surface area contributed by atoms with Crippen LogP contribution in [0.4, 0.5) is 0 Å². The van der Waals surface area contributed by atoms with Crippen molar-refractivity contribution in [1.29, 1.82) is 0 Å². The Balaban J connectivity index is 1.48. The summed E-state index contributed by atoms with van der Waals surface area (Å²) < 4.78 is 5.04. The Kier molecular flexibility index (Phi) is 6.21. The lowest BCUT2D eigenvalue weighted by molar-refractivity contribution is 0.0939. The van der Waals surface area contributed by atoms with Crippen molar-refractivity contribution in [2.24, 2.45) is 7.05 Å². The lowest BCUT2D eigenvalue weighted by Crippen LogP contribution is -2.32. The van der Waals surface area contributed by atoms with Crippen LogP contribution in [0.25, 0.3) is 22.1 Å². The third kappa shape index (κ3) is 4.41. The van der Waals surface area contributed by atoms with E-state index in [0.717, 1.165) is 5.39 Å². The van der Waals surface area contributed by atoms with Gasteiger partial charge in [-0.3, -0.25) is 14.2 Å². The van der Waals surface area contributed by atoms with E-state index in [-0.39, 0.29) is 11.5 Å². The maximum atomic E-state index is 14.2. The summed E-state index contributed by atoms with van der Waals surface area (Å²) in [6.45, 7) is 3.63. The van der Waals surface area contributed by atoms with Gasteiger partial charge in [-0.1, -0.05) is 36.3 Å². The number of para-hydroxylation sites is 1. The highest BCUT2D eigenvalue weighted by Gasteiger charge is 2.23. The van der Waals surface area contributed by atoms with E-state index in [0.29, 0.717) is 44.9 Å². The highest BCUT2D eigenvalue weighted by Crippen LogP contribution is 2.24. The molecule has 0 bridgehead atoms. The first-order valence-corrected chi connectivity index (χ1v) is 12.8. The van der Waals surface area contributed by atoms with Crippen molar-refractivity contribution in [3.05, 3.63) is 124 Å². The molecule has 0 unspecified atom stereocenters. The summed E-state index contributed by atoms with van der Waals surface area (Å²) >= 11 is 0. The molecule has 0 saturated carbocycles. The fourth-order valence-corrected chi connectivity index (χ4v) is 4.86. The number of carbonyl (C=O) groups excluding carboxylic acids is 1. The average molecular weight is 528 g/mol. The van der Waals surface area contributed by atoms with Crippen LogP contribution in [0.1, 0.15) is 46.0 Å². The molecule has 1 amide bonds. The molecule has 4 heterocycles. The molecule has 0 saturated heterocycles. The highest BCUT2D eigenvalue weighted by molar-refractivity contribution is 6.01. The predicted octanol–water partition coefficient (Wildman–Crippen LogP) is 3.97. The minimum absolute atomic E-state index is 0.223. The number of nitrogens with one attached hydrogen (secondary N) is 1. The first-order chi connectivity index (χ1) is 19.4. The van der Waals surface area contributed by atoms with Crippen LogP contribution < -0.4 is 10.9 Å². The number of pyridine rings is 1. The molecule has 4 aromatic heterocycles. The van der Waals surface area contributed by atoms with Crippen LogP contribution in [0.5, 0.6) is 0 Å². The maximum absolute atomic E-state index is 14.2. The molecular formula is C31H25N7O2. The first-order valence-electron chi connectivity index (χ1n) is 12.8. The second-order valence-corrected chi connectivity index (χ2v) is 9.53. The molecule has 0 aliphatic carbocycles. The molecule has 6 rings (SSSR count). The molecule has 2 aromatic carbocycles. The summed E-state index contributed by atoms with van der Waals surface area (Å²) in [6, 6.07) is 18.1. The molecule has 0 spiro atoms. The quantitative estimate of drug-likeness (QED) is 0.350. The largest absolute Gasteiger partial charge is 0.344 e. The Morgan fingerprint density at radius 2 is 1.85 bits per heavy atom. The van der Waals surface area contributed by atoms with E-state index in [4.69, 9.17) is 0 Å². The topological polar surface area (TPSA) is 99.1 Å². The Morgan fingerprint density at radius 3 is 2.62 bits per heavy atom. The maximum Gasteiger partial charge on any atom is 0.264 e. The Hall–Kier alpha value is -5.49. The van der Waals surface area contributed by atoms with Gasteiger partial charge in [-0.15, -0.1) is 0 Å². The van der Waals surface area contributed by atoms with Crippen LogP contribution in [0.3, 0.4) is 0 Å². The third-order valence-electron chi connectivity index (χ3n) is 6.71. The third-order valence-corrected chi connectivity index (χ3v) is 6.71. The molecule has 6 aromatic rings. The van der Waals surface area contributed by atoms with E-state index in [1.165, 1.54) is 0 Å². The minimum atomic E-state index is -0.522. The molecule has 0 radical (unpaired) electrons. The van der Waals surface area contributed by atoms with Gasteiger partial charge in [-0.2, -0.15) is 5.10 Å². The summed E-state index contributed by atoms with van der Waals surface area (Å²) in [7, 11) is 1.88. The van der Waals surface area contributed by atoms with Gasteiger partial charge in [0.15, 0.2) is 5.65 Å². The fraction of sp³-hybridized carbons (Fsp3) is 0.129. The number of rotatable bonds is 4. The Bertz CT molecular complexity index is 2020. The molecule has 1 atom stereocenters. The average Bonchev–Trinajstić information content (AvgIpc) is 3.53. The second-order valence-electron chi connectivity index (χ2n) is 9.53. The van der Waals surface area contributed by atoms with E-state index >= 15 is 0 Å². The number of aromatic nitrogens is 6. The number of fused-ring (bicyclic) bond motifs is 2. The lowest BCUT2D eigenvalue weighted by atomic mass is 10.0. The minimum Gasteiger partial charge on any atom is -0.344 e. The molecular weight excluding hydrogens is 502 g/mol. The van der Waals surface area contributed by atoms with Gasteiger partial charge in [-0.25, -0.2) is 14.5 Å². The molecule has 0 aliphatic rings. The molecule has 196 valence electrons. The van der Waals surface area contributed by atoms with Gasteiger partial charge in [0, 0.05) is 42.6 Å². The SMILES string of the molecule is Cc1nn2cccnc2c1C(=O)N[C@H](C)c1cc2cccc(C#Cc3cn(C)cn3)c2c(=O)n1-c1ccccc1. The standard InChI is InChI=1S/C31H25N7O2/c1-20(34-30(39)27-21(2)35-37-16-8-15-32-29(27)37)26-17-23-10-7-9-22(13-14-24-18-36(3)19-33-24)28(23)31(40)38(26)25-11-5-4-6-12-25/h4-12,15-20H,1-3H3,(H,34,39)/t20-/m1/s1. The second kappa shape index (κ2) is 10.0. The van der Waals surface area contributed by atoms with Crippen molar-refractivity contribution in [2.45, 2.75) is 19.9 Å².